The minimum absolute atomic E-state index is 0.107. The number of rotatable bonds is 5. The van der Waals surface area contributed by atoms with Gasteiger partial charge in [-0.25, -0.2) is 0 Å². The van der Waals surface area contributed by atoms with E-state index in [9.17, 15) is 9.59 Å². The molecule has 0 spiro atoms. The quantitative estimate of drug-likeness (QED) is 0.828. The summed E-state index contributed by atoms with van der Waals surface area (Å²) in [5.74, 6) is 0.222. The molecule has 3 rings (SSSR count). The van der Waals surface area contributed by atoms with Gasteiger partial charge in [0.2, 0.25) is 11.8 Å². The van der Waals surface area contributed by atoms with E-state index in [0.717, 1.165) is 49.3 Å². The number of hydrogen-bond donors (Lipinski definition) is 2. The third-order valence-electron chi connectivity index (χ3n) is 5.96. The summed E-state index contributed by atoms with van der Waals surface area (Å²) in [5.41, 5.74) is 8.01. The van der Waals surface area contributed by atoms with Gasteiger partial charge in [-0.1, -0.05) is 6.92 Å². The number of amides is 2. The van der Waals surface area contributed by atoms with E-state index < -0.39 is 5.54 Å². The standard InChI is InChI=1S/C19H31N5O2/c1-12(10-16(20)25)9-15-14-11-24(19(2,3)17(14)22-21-15)18(26)13-5-7-23(4)8-6-13/h12-13H,5-11H2,1-4H3,(H2,20,25)(H,21,22). The van der Waals surface area contributed by atoms with Crippen LogP contribution < -0.4 is 5.73 Å². The van der Waals surface area contributed by atoms with Crippen LogP contribution in [0.5, 0.6) is 0 Å². The molecule has 7 nitrogen and oxygen atoms in total. The summed E-state index contributed by atoms with van der Waals surface area (Å²) in [7, 11) is 2.11. The molecule has 144 valence electrons. The number of fused-ring (bicyclic) bond motifs is 1. The minimum atomic E-state index is -0.405. The maximum atomic E-state index is 13.2. The van der Waals surface area contributed by atoms with Gasteiger partial charge in [0, 0.05) is 23.6 Å². The van der Waals surface area contributed by atoms with Crippen LogP contribution in [0.25, 0.3) is 0 Å². The van der Waals surface area contributed by atoms with Gasteiger partial charge >= 0.3 is 0 Å². The lowest BCUT2D eigenvalue weighted by molar-refractivity contribution is -0.142. The van der Waals surface area contributed by atoms with E-state index >= 15 is 0 Å². The second kappa shape index (κ2) is 7.02. The van der Waals surface area contributed by atoms with Gasteiger partial charge in [-0.2, -0.15) is 5.10 Å². The molecular formula is C19H31N5O2. The SMILES string of the molecule is CC(CC(N)=O)Cc1[nH]nc2c1CN(C(=O)C1CCN(C)CC1)C2(C)C. The van der Waals surface area contributed by atoms with Crippen molar-refractivity contribution in [1.29, 1.82) is 0 Å². The van der Waals surface area contributed by atoms with Crippen molar-refractivity contribution in [3.63, 3.8) is 0 Å². The lowest BCUT2D eigenvalue weighted by Gasteiger charge is -2.37. The summed E-state index contributed by atoms with van der Waals surface area (Å²) in [4.78, 5) is 28.6. The monoisotopic (exact) mass is 361 g/mol. The lowest BCUT2D eigenvalue weighted by Crippen LogP contribution is -2.46. The molecule has 1 unspecified atom stereocenters. The van der Waals surface area contributed by atoms with Crippen molar-refractivity contribution >= 4 is 11.8 Å². The molecule has 1 aromatic heterocycles. The Labute approximate surface area is 155 Å². The van der Waals surface area contributed by atoms with E-state index in [0.29, 0.717) is 13.0 Å². The van der Waals surface area contributed by atoms with E-state index in [2.05, 4.69) is 36.0 Å². The zero-order valence-corrected chi connectivity index (χ0v) is 16.3. The molecule has 1 saturated heterocycles. The van der Waals surface area contributed by atoms with Gasteiger partial charge in [-0.05, 0) is 59.2 Å². The van der Waals surface area contributed by atoms with Crippen molar-refractivity contribution in [3.8, 4) is 0 Å². The van der Waals surface area contributed by atoms with E-state index in [1.54, 1.807) is 0 Å². The van der Waals surface area contributed by atoms with Crippen molar-refractivity contribution in [1.82, 2.24) is 20.0 Å². The van der Waals surface area contributed by atoms with Crippen LogP contribution in [0.2, 0.25) is 0 Å². The number of nitrogens with two attached hydrogens (primary N) is 1. The molecule has 26 heavy (non-hydrogen) atoms. The maximum absolute atomic E-state index is 13.2. The summed E-state index contributed by atoms with van der Waals surface area (Å²) in [5, 5.41) is 7.66. The van der Waals surface area contributed by atoms with Crippen LogP contribution in [-0.4, -0.2) is 51.9 Å². The van der Waals surface area contributed by atoms with Crippen molar-refractivity contribution in [3.05, 3.63) is 17.0 Å². The van der Waals surface area contributed by atoms with Crippen molar-refractivity contribution in [2.24, 2.45) is 17.6 Å². The number of carbonyl (C=O) groups excluding carboxylic acids is 2. The Morgan fingerprint density at radius 1 is 1.35 bits per heavy atom. The maximum Gasteiger partial charge on any atom is 0.226 e. The molecule has 0 radical (unpaired) electrons. The number of primary amides is 1. The summed E-state index contributed by atoms with van der Waals surface area (Å²) in [6.45, 7) is 8.71. The highest BCUT2D eigenvalue weighted by Gasteiger charge is 2.45. The average Bonchev–Trinajstić information content (AvgIpc) is 3.06. The smallest absolute Gasteiger partial charge is 0.226 e. The number of piperidine rings is 1. The van der Waals surface area contributed by atoms with Gasteiger partial charge in [0.1, 0.15) is 0 Å². The van der Waals surface area contributed by atoms with Gasteiger partial charge in [0.15, 0.2) is 0 Å². The number of likely N-dealkylation sites (tertiary alicyclic amines) is 1. The average molecular weight is 361 g/mol. The highest BCUT2D eigenvalue weighted by molar-refractivity contribution is 5.81. The third-order valence-corrected chi connectivity index (χ3v) is 5.96. The minimum Gasteiger partial charge on any atom is -0.370 e. The second-order valence-corrected chi connectivity index (χ2v) is 8.57. The van der Waals surface area contributed by atoms with Crippen LogP contribution in [0.3, 0.4) is 0 Å². The third kappa shape index (κ3) is 3.49. The first kappa shape index (κ1) is 18.9. The number of aromatic amines is 1. The number of aromatic nitrogens is 2. The topological polar surface area (TPSA) is 95.3 Å². The largest absolute Gasteiger partial charge is 0.370 e. The van der Waals surface area contributed by atoms with Crippen LogP contribution in [0, 0.1) is 11.8 Å². The van der Waals surface area contributed by atoms with Gasteiger partial charge in [-0.3, -0.25) is 14.7 Å². The first-order valence-electron chi connectivity index (χ1n) is 9.55. The fourth-order valence-corrected chi connectivity index (χ4v) is 4.32. The first-order chi connectivity index (χ1) is 12.2. The predicted octanol–water partition coefficient (Wildman–Crippen LogP) is 1.38. The fourth-order valence-electron chi connectivity index (χ4n) is 4.32. The first-order valence-corrected chi connectivity index (χ1v) is 9.55. The van der Waals surface area contributed by atoms with Gasteiger partial charge in [0.05, 0.1) is 17.8 Å². The van der Waals surface area contributed by atoms with Gasteiger partial charge < -0.3 is 15.5 Å². The van der Waals surface area contributed by atoms with Crippen LogP contribution in [0.4, 0.5) is 0 Å². The molecule has 0 bridgehead atoms. The summed E-state index contributed by atoms with van der Waals surface area (Å²) >= 11 is 0. The molecule has 1 aromatic rings. The fraction of sp³-hybridized carbons (Fsp3) is 0.737. The van der Waals surface area contributed by atoms with Crippen LogP contribution >= 0.6 is 0 Å². The molecule has 1 atom stereocenters. The van der Waals surface area contributed by atoms with E-state index in [4.69, 9.17) is 5.73 Å². The molecule has 0 saturated carbocycles. The molecule has 3 N–H and O–H groups in total. The van der Waals surface area contributed by atoms with Crippen molar-refractivity contribution in [2.75, 3.05) is 20.1 Å². The van der Waals surface area contributed by atoms with Gasteiger partial charge in [0.25, 0.3) is 0 Å². The summed E-state index contributed by atoms with van der Waals surface area (Å²) in [6.07, 6.45) is 2.93. The number of H-pyrrole nitrogens is 1. The number of nitrogens with zero attached hydrogens (tertiary/aromatic N) is 3. The Bertz CT molecular complexity index is 688. The second-order valence-electron chi connectivity index (χ2n) is 8.57. The molecule has 0 aliphatic carbocycles. The Hall–Kier alpha value is -1.89. The molecule has 2 aliphatic heterocycles. The Balaban J connectivity index is 1.75. The highest BCUT2D eigenvalue weighted by atomic mass is 16.2. The predicted molar refractivity (Wildman–Crippen MR) is 99.1 cm³/mol. The normalized spacial score (nSPS) is 21.6. The molecule has 7 heteroatoms. The Kier molecular flexibility index (Phi) is 5.10. The lowest BCUT2D eigenvalue weighted by atomic mass is 9.93. The van der Waals surface area contributed by atoms with E-state index in [-0.39, 0.29) is 23.7 Å². The Morgan fingerprint density at radius 3 is 2.62 bits per heavy atom. The molecule has 2 aliphatic rings. The molecule has 2 amide bonds. The molecule has 3 heterocycles. The highest BCUT2D eigenvalue weighted by Crippen LogP contribution is 2.41. The summed E-state index contributed by atoms with van der Waals surface area (Å²) < 4.78 is 0. The molecule has 1 fully saturated rings. The van der Waals surface area contributed by atoms with Crippen LogP contribution in [0.15, 0.2) is 0 Å². The van der Waals surface area contributed by atoms with Gasteiger partial charge in [-0.15, -0.1) is 0 Å². The number of hydrogen-bond acceptors (Lipinski definition) is 4. The zero-order chi connectivity index (χ0) is 19.1. The summed E-state index contributed by atoms with van der Waals surface area (Å²) in [6, 6.07) is 0. The van der Waals surface area contributed by atoms with Crippen molar-refractivity contribution < 1.29 is 9.59 Å². The molecular weight excluding hydrogens is 330 g/mol. The number of carbonyl (C=O) groups is 2. The van der Waals surface area contributed by atoms with Crippen molar-refractivity contribution in [2.45, 2.75) is 58.5 Å². The molecule has 0 aromatic carbocycles. The van der Waals surface area contributed by atoms with E-state index in [1.165, 1.54) is 0 Å². The van der Waals surface area contributed by atoms with Crippen LogP contribution in [0.1, 0.15) is 57.0 Å². The number of nitrogens with one attached hydrogen (secondary N) is 1. The van der Waals surface area contributed by atoms with E-state index in [1.807, 2.05) is 11.8 Å². The van der Waals surface area contributed by atoms with Crippen LogP contribution in [-0.2, 0) is 28.1 Å². The Morgan fingerprint density at radius 2 is 2.00 bits per heavy atom. The zero-order valence-electron chi connectivity index (χ0n) is 16.3.